The molecular formula is C39H54FN5O6. The summed E-state index contributed by atoms with van der Waals surface area (Å²) < 4.78 is 23.5. The molecule has 5 N–H and O–H groups in total. The van der Waals surface area contributed by atoms with Crippen LogP contribution in [-0.4, -0.2) is 79.2 Å². The monoisotopic (exact) mass is 707 g/mol. The van der Waals surface area contributed by atoms with Gasteiger partial charge in [-0.05, 0) is 52.8 Å². The number of carbonyl (C=O) groups is 3. The molecule has 3 amide bonds. The van der Waals surface area contributed by atoms with Crippen LogP contribution < -0.4 is 21.3 Å². The average Bonchev–Trinajstić information content (AvgIpc) is 3.07. The number of ether oxygens (including phenoxy) is 2. The van der Waals surface area contributed by atoms with Gasteiger partial charge in [-0.2, -0.15) is 0 Å². The number of hydrogen-bond donors (Lipinski definition) is 5. The van der Waals surface area contributed by atoms with Crippen LogP contribution in [0.1, 0.15) is 59.1 Å². The Labute approximate surface area is 301 Å². The number of aromatic nitrogens is 1. The van der Waals surface area contributed by atoms with Crippen molar-refractivity contribution in [3.63, 3.8) is 0 Å². The maximum absolute atomic E-state index is 13.8. The molecule has 12 heteroatoms. The Morgan fingerprint density at radius 3 is 1.96 bits per heavy atom. The zero-order valence-corrected chi connectivity index (χ0v) is 31.0. The summed E-state index contributed by atoms with van der Waals surface area (Å²) in [7, 11) is 2.55. The maximum atomic E-state index is 13.8. The lowest BCUT2D eigenvalue weighted by molar-refractivity contribution is -0.126. The molecule has 3 aromatic rings. The second-order valence-corrected chi connectivity index (χ2v) is 15.0. The molecule has 3 rings (SSSR count). The summed E-state index contributed by atoms with van der Waals surface area (Å²) in [4.78, 5) is 42.1. The van der Waals surface area contributed by atoms with E-state index in [-0.39, 0.29) is 17.9 Å². The first-order chi connectivity index (χ1) is 24.0. The lowest BCUT2D eigenvalue weighted by Gasteiger charge is -2.35. The Kier molecular flexibility index (Phi) is 14.9. The fourth-order valence-electron chi connectivity index (χ4n) is 5.73. The summed E-state index contributed by atoms with van der Waals surface area (Å²) in [6, 6.07) is 16.4. The molecule has 0 spiro atoms. The van der Waals surface area contributed by atoms with Crippen LogP contribution in [0.25, 0.3) is 11.1 Å². The van der Waals surface area contributed by atoms with Crippen molar-refractivity contribution in [2.24, 2.45) is 10.8 Å². The van der Waals surface area contributed by atoms with Crippen LogP contribution in [-0.2, 0) is 27.1 Å². The number of benzene rings is 2. The van der Waals surface area contributed by atoms with Gasteiger partial charge in [0, 0.05) is 36.4 Å². The summed E-state index contributed by atoms with van der Waals surface area (Å²) in [5.41, 5.74) is 2.33. The summed E-state index contributed by atoms with van der Waals surface area (Å²) in [6.07, 6.45) is 1.51. The lowest BCUT2D eigenvalue weighted by Crippen LogP contribution is -2.57. The number of nitrogens with one attached hydrogen (secondary N) is 4. The van der Waals surface area contributed by atoms with Gasteiger partial charge in [-0.25, -0.2) is 14.0 Å². The number of hydrogen-bond acceptors (Lipinski definition) is 8. The molecule has 0 aliphatic rings. The highest BCUT2D eigenvalue weighted by atomic mass is 19.1. The Hall–Kier alpha value is -4.55. The van der Waals surface area contributed by atoms with Crippen molar-refractivity contribution in [2.45, 2.75) is 91.1 Å². The first-order valence-electron chi connectivity index (χ1n) is 17.1. The molecule has 0 radical (unpaired) electrons. The van der Waals surface area contributed by atoms with Crippen molar-refractivity contribution in [1.82, 2.24) is 26.3 Å². The zero-order chi connectivity index (χ0) is 37.8. The highest BCUT2D eigenvalue weighted by Gasteiger charge is 2.35. The van der Waals surface area contributed by atoms with E-state index in [1.165, 1.54) is 20.3 Å². The van der Waals surface area contributed by atoms with Crippen molar-refractivity contribution in [1.29, 1.82) is 0 Å². The second-order valence-electron chi connectivity index (χ2n) is 15.0. The van der Waals surface area contributed by atoms with Gasteiger partial charge < -0.3 is 35.8 Å². The van der Waals surface area contributed by atoms with Gasteiger partial charge in [-0.3, -0.25) is 9.78 Å². The largest absolute Gasteiger partial charge is 0.453 e. The maximum Gasteiger partial charge on any atom is 0.407 e. The van der Waals surface area contributed by atoms with Crippen LogP contribution in [0.2, 0.25) is 0 Å². The number of methoxy groups -OCH3 is 2. The molecule has 0 aliphatic carbocycles. The molecule has 278 valence electrons. The normalized spacial score (nSPS) is 14.7. The summed E-state index contributed by atoms with van der Waals surface area (Å²) >= 11 is 0. The van der Waals surface area contributed by atoms with E-state index in [0.717, 1.165) is 22.9 Å². The number of alkyl carbamates (subject to hydrolysis) is 2. The summed E-state index contributed by atoms with van der Waals surface area (Å²) in [5.74, 6) is -0.826. The van der Waals surface area contributed by atoms with Crippen molar-refractivity contribution in [2.75, 3.05) is 20.8 Å². The van der Waals surface area contributed by atoms with E-state index in [2.05, 4.69) is 26.3 Å². The SMILES string of the molecule is COC(=O)N[C@H](C(=O)N[C@@H](Cc1ccccc1)C[C@H](O)[C@H](Cc1ccc(-c2cncc(F)c2)cc1)NC[C@@H](NC(=O)OC)C(C)(C)C)C(C)(C)C. The summed E-state index contributed by atoms with van der Waals surface area (Å²) in [6.45, 7) is 11.9. The number of aliphatic hydroxyl groups is 1. The van der Waals surface area contributed by atoms with Gasteiger partial charge in [0.05, 0.1) is 26.5 Å². The van der Waals surface area contributed by atoms with E-state index in [1.54, 1.807) is 6.20 Å². The van der Waals surface area contributed by atoms with Crippen LogP contribution in [0.3, 0.4) is 0 Å². The smallest absolute Gasteiger partial charge is 0.407 e. The quantitative estimate of drug-likeness (QED) is 0.141. The first kappa shape index (κ1) is 40.9. The van der Waals surface area contributed by atoms with E-state index in [9.17, 15) is 23.9 Å². The molecule has 2 aromatic carbocycles. The number of rotatable bonds is 15. The minimum atomic E-state index is -0.966. The van der Waals surface area contributed by atoms with E-state index >= 15 is 0 Å². The van der Waals surface area contributed by atoms with Crippen LogP contribution in [0.15, 0.2) is 73.1 Å². The van der Waals surface area contributed by atoms with Crippen molar-refractivity contribution < 1.29 is 33.4 Å². The topological polar surface area (TPSA) is 151 Å². The van der Waals surface area contributed by atoms with Gasteiger partial charge in [0.15, 0.2) is 0 Å². The molecule has 1 heterocycles. The predicted molar refractivity (Wildman–Crippen MR) is 195 cm³/mol. The number of pyridine rings is 1. The molecule has 0 bridgehead atoms. The van der Waals surface area contributed by atoms with Crippen molar-refractivity contribution in [3.8, 4) is 11.1 Å². The molecule has 1 aromatic heterocycles. The zero-order valence-electron chi connectivity index (χ0n) is 31.0. The highest BCUT2D eigenvalue weighted by molar-refractivity contribution is 5.86. The van der Waals surface area contributed by atoms with Gasteiger partial charge in [0.25, 0.3) is 0 Å². The average molecular weight is 708 g/mol. The molecule has 0 saturated carbocycles. The molecule has 0 aliphatic heterocycles. The Morgan fingerprint density at radius 1 is 0.784 bits per heavy atom. The highest BCUT2D eigenvalue weighted by Crippen LogP contribution is 2.24. The van der Waals surface area contributed by atoms with E-state index in [1.807, 2.05) is 96.1 Å². The summed E-state index contributed by atoms with van der Waals surface area (Å²) in [5, 5.41) is 24.1. The van der Waals surface area contributed by atoms with E-state index < -0.39 is 53.6 Å². The van der Waals surface area contributed by atoms with E-state index in [0.29, 0.717) is 24.9 Å². The van der Waals surface area contributed by atoms with E-state index in [4.69, 9.17) is 9.47 Å². The third kappa shape index (κ3) is 13.3. The minimum Gasteiger partial charge on any atom is -0.453 e. The molecule has 51 heavy (non-hydrogen) atoms. The molecule has 0 saturated heterocycles. The fraction of sp³-hybridized carbons (Fsp3) is 0.487. The van der Waals surface area contributed by atoms with Gasteiger partial charge in [-0.1, -0.05) is 96.1 Å². The number of aliphatic hydroxyl groups excluding tert-OH is 1. The first-order valence-corrected chi connectivity index (χ1v) is 17.1. The molecular weight excluding hydrogens is 653 g/mol. The molecule has 0 fully saturated rings. The predicted octanol–water partition coefficient (Wildman–Crippen LogP) is 5.41. The van der Waals surface area contributed by atoms with Gasteiger partial charge in [0.1, 0.15) is 11.9 Å². The van der Waals surface area contributed by atoms with Crippen LogP contribution >= 0.6 is 0 Å². The Bertz CT molecular complexity index is 1560. The van der Waals surface area contributed by atoms with Crippen molar-refractivity contribution in [3.05, 3.63) is 90.0 Å². The molecule has 11 nitrogen and oxygen atoms in total. The molecule has 5 atom stereocenters. The standard InChI is InChI=1S/C39H54FN5O6/c1-38(2,3)33(44-36(48)50-7)24-42-31(19-26-14-16-27(17-15-26)28-20-29(40)23-41-22-28)32(46)21-30(18-25-12-10-9-11-13-25)43-35(47)34(39(4,5)6)45-37(49)51-8/h9-17,20,22-23,30-34,42,46H,18-19,21,24H2,1-8H3,(H,43,47)(H,44,48)(H,45,49)/t30-,31-,32-,33+,34+/m0/s1. The number of amides is 3. The number of nitrogens with zero attached hydrogens (tertiary/aromatic N) is 1. The van der Waals surface area contributed by atoms with Gasteiger partial charge in [-0.15, -0.1) is 0 Å². The second kappa shape index (κ2) is 18.6. The third-order valence-electron chi connectivity index (χ3n) is 8.79. The van der Waals surface area contributed by atoms with Crippen LogP contribution in [0.4, 0.5) is 14.0 Å². The van der Waals surface area contributed by atoms with Gasteiger partial charge in [0.2, 0.25) is 5.91 Å². The Balaban J connectivity index is 1.92. The minimum absolute atomic E-state index is 0.172. The van der Waals surface area contributed by atoms with Crippen LogP contribution in [0.5, 0.6) is 0 Å². The number of carbonyl (C=O) groups excluding carboxylic acids is 3. The fourth-order valence-corrected chi connectivity index (χ4v) is 5.73. The lowest BCUT2D eigenvalue weighted by atomic mass is 9.85. The third-order valence-corrected chi connectivity index (χ3v) is 8.79. The van der Waals surface area contributed by atoms with Gasteiger partial charge >= 0.3 is 12.2 Å². The van der Waals surface area contributed by atoms with Crippen LogP contribution in [0, 0.1) is 16.6 Å². The number of halogens is 1. The molecule has 0 unspecified atom stereocenters. The Morgan fingerprint density at radius 2 is 1.39 bits per heavy atom. The van der Waals surface area contributed by atoms with Crippen molar-refractivity contribution >= 4 is 18.1 Å².